The van der Waals surface area contributed by atoms with Gasteiger partial charge in [-0.25, -0.2) is 15.0 Å². The zero-order chi connectivity index (χ0) is 29.9. The van der Waals surface area contributed by atoms with Crippen LogP contribution in [0.1, 0.15) is 55.3 Å². The van der Waals surface area contributed by atoms with Gasteiger partial charge in [0.1, 0.15) is 16.9 Å². The molecule has 0 saturated carbocycles. The number of amides is 1. The van der Waals surface area contributed by atoms with E-state index in [4.69, 9.17) is 25.2 Å². The van der Waals surface area contributed by atoms with Crippen molar-refractivity contribution in [3.05, 3.63) is 54.2 Å². The van der Waals surface area contributed by atoms with Gasteiger partial charge in [0, 0.05) is 48.9 Å². The third-order valence-corrected chi connectivity index (χ3v) is 9.76. The molecule has 3 aliphatic heterocycles. The lowest BCUT2D eigenvalue weighted by Gasteiger charge is -2.23. The summed E-state index contributed by atoms with van der Waals surface area (Å²) in [5.74, 6) is 2.07. The molecule has 3 atom stereocenters. The monoisotopic (exact) mass is 591 g/mol. The molecule has 0 spiro atoms. The van der Waals surface area contributed by atoms with Crippen molar-refractivity contribution in [1.29, 1.82) is 0 Å². The highest BCUT2D eigenvalue weighted by atomic mass is 16.5. The standard InChI is InChI=1S/C34H37N7O3/c1-39-30-26(16-21(18-29(30)43-2)34(42)41-22-10-12-27(41)24(35)19-22)38-32(39)28-17-20-9-11-25-23-8-7-13-36-33(23)44-15-6-4-3-5-14-40(28)31(20)37-25/h7-9,11,13,16-18,22,24,27H,3-6,10,12,14-15,19,35H2,1-2H3/t22-,24+,27+/m0/s1. The van der Waals surface area contributed by atoms with Crippen molar-refractivity contribution in [3.63, 3.8) is 0 Å². The normalized spacial score (nSPS) is 21.6. The van der Waals surface area contributed by atoms with E-state index >= 15 is 0 Å². The average molecular weight is 592 g/mol. The number of aryl methyl sites for hydroxylation is 2. The first kappa shape index (κ1) is 27.1. The first-order valence-electron chi connectivity index (χ1n) is 15.7. The molecule has 10 heteroatoms. The van der Waals surface area contributed by atoms with Crippen LogP contribution < -0.4 is 15.2 Å². The Morgan fingerprint density at radius 3 is 2.77 bits per heavy atom. The third kappa shape index (κ3) is 4.26. The zero-order valence-corrected chi connectivity index (χ0v) is 25.2. The van der Waals surface area contributed by atoms with Gasteiger partial charge in [0.25, 0.3) is 5.91 Å². The maximum absolute atomic E-state index is 13.8. The van der Waals surface area contributed by atoms with Gasteiger partial charge in [0.15, 0.2) is 5.82 Å². The van der Waals surface area contributed by atoms with E-state index in [1.54, 1.807) is 13.3 Å². The number of nitrogens with two attached hydrogens (primary N) is 1. The number of imidazole rings is 1. The molecule has 7 heterocycles. The van der Waals surface area contributed by atoms with Crippen LogP contribution in [0.25, 0.3) is 44.8 Å². The van der Waals surface area contributed by atoms with Crippen molar-refractivity contribution in [1.82, 2.24) is 29.0 Å². The Kier molecular flexibility index (Phi) is 6.55. The molecular formula is C34H37N7O3. The summed E-state index contributed by atoms with van der Waals surface area (Å²) in [5.41, 5.74) is 12.1. The van der Waals surface area contributed by atoms with E-state index in [0.29, 0.717) is 23.8 Å². The van der Waals surface area contributed by atoms with Crippen LogP contribution >= 0.6 is 0 Å². The lowest BCUT2D eigenvalue weighted by atomic mass is 9.97. The van der Waals surface area contributed by atoms with E-state index in [9.17, 15) is 4.79 Å². The smallest absolute Gasteiger partial charge is 0.254 e. The minimum atomic E-state index is 0.0137. The molecule has 226 valence electrons. The van der Waals surface area contributed by atoms with Gasteiger partial charge in [-0.2, -0.15) is 0 Å². The number of aromatic nitrogens is 5. The van der Waals surface area contributed by atoms with Gasteiger partial charge >= 0.3 is 0 Å². The van der Waals surface area contributed by atoms with Crippen LogP contribution in [0.3, 0.4) is 0 Å². The Morgan fingerprint density at radius 1 is 1.07 bits per heavy atom. The van der Waals surface area contributed by atoms with Gasteiger partial charge in [0.2, 0.25) is 5.88 Å². The first-order chi connectivity index (χ1) is 21.5. The molecule has 4 bridgehead atoms. The minimum Gasteiger partial charge on any atom is -0.494 e. The number of ether oxygens (including phenoxy) is 2. The number of hydrogen-bond acceptors (Lipinski definition) is 7. The number of carbonyl (C=O) groups is 1. The predicted molar refractivity (Wildman–Crippen MR) is 169 cm³/mol. The Bertz CT molecular complexity index is 1910. The molecule has 3 aliphatic rings. The minimum absolute atomic E-state index is 0.0137. The highest BCUT2D eigenvalue weighted by Gasteiger charge is 2.47. The number of methoxy groups -OCH3 is 1. The summed E-state index contributed by atoms with van der Waals surface area (Å²) < 4.78 is 16.3. The van der Waals surface area contributed by atoms with Gasteiger partial charge in [0.05, 0.1) is 36.2 Å². The Hall–Kier alpha value is -4.44. The lowest BCUT2D eigenvalue weighted by Crippen LogP contribution is -2.40. The highest BCUT2D eigenvalue weighted by molar-refractivity contribution is 6.01. The van der Waals surface area contributed by atoms with Crippen LogP contribution in [-0.2, 0) is 13.6 Å². The number of nitrogens with zero attached hydrogens (tertiary/aromatic N) is 6. The van der Waals surface area contributed by atoms with E-state index in [2.05, 4.69) is 26.3 Å². The van der Waals surface area contributed by atoms with Crippen LogP contribution in [0.5, 0.6) is 11.6 Å². The summed E-state index contributed by atoms with van der Waals surface area (Å²) in [7, 11) is 3.66. The summed E-state index contributed by atoms with van der Waals surface area (Å²) in [6.45, 7) is 1.46. The number of benzene rings is 1. The Morgan fingerprint density at radius 2 is 1.95 bits per heavy atom. The number of pyridine rings is 2. The summed E-state index contributed by atoms with van der Waals surface area (Å²) >= 11 is 0. The van der Waals surface area contributed by atoms with E-state index in [1.807, 2.05) is 42.3 Å². The largest absolute Gasteiger partial charge is 0.494 e. The van der Waals surface area contributed by atoms with Gasteiger partial charge < -0.3 is 29.2 Å². The second-order valence-corrected chi connectivity index (χ2v) is 12.4. The maximum Gasteiger partial charge on any atom is 0.254 e. The Balaban J connectivity index is 1.25. The number of fused-ring (bicyclic) bond motifs is 6. The molecule has 4 aromatic heterocycles. The molecule has 2 N–H and O–H groups in total. The van der Waals surface area contributed by atoms with E-state index in [1.165, 1.54) is 0 Å². The van der Waals surface area contributed by atoms with E-state index in [-0.39, 0.29) is 24.0 Å². The fourth-order valence-electron chi connectivity index (χ4n) is 7.60. The molecule has 0 aliphatic carbocycles. The molecule has 2 saturated heterocycles. The van der Waals surface area contributed by atoms with Crippen LogP contribution in [0.4, 0.5) is 0 Å². The summed E-state index contributed by atoms with van der Waals surface area (Å²) in [6, 6.07) is 14.4. The topological polar surface area (TPSA) is 113 Å². The zero-order valence-electron chi connectivity index (χ0n) is 25.2. The van der Waals surface area contributed by atoms with Crippen LogP contribution in [0.2, 0.25) is 0 Å². The van der Waals surface area contributed by atoms with Crippen molar-refractivity contribution in [2.75, 3.05) is 13.7 Å². The molecule has 0 unspecified atom stereocenters. The number of rotatable bonds is 3. The molecular weight excluding hydrogens is 554 g/mol. The summed E-state index contributed by atoms with van der Waals surface area (Å²) in [5, 5.41) is 1.04. The second kappa shape index (κ2) is 10.6. The molecule has 0 radical (unpaired) electrons. The molecule has 8 rings (SSSR count). The summed E-state index contributed by atoms with van der Waals surface area (Å²) in [6.07, 6.45) is 8.79. The van der Waals surface area contributed by atoms with Crippen molar-refractivity contribution >= 4 is 28.0 Å². The predicted octanol–water partition coefficient (Wildman–Crippen LogP) is 5.32. The molecule has 1 aromatic carbocycles. The summed E-state index contributed by atoms with van der Waals surface area (Å²) in [4.78, 5) is 30.6. The quantitative estimate of drug-likeness (QED) is 0.302. The van der Waals surface area contributed by atoms with Crippen LogP contribution in [0.15, 0.2) is 48.7 Å². The second-order valence-electron chi connectivity index (χ2n) is 12.4. The van der Waals surface area contributed by atoms with Gasteiger partial charge in [-0.1, -0.05) is 6.42 Å². The van der Waals surface area contributed by atoms with Crippen molar-refractivity contribution in [2.24, 2.45) is 12.8 Å². The van der Waals surface area contributed by atoms with Crippen molar-refractivity contribution in [2.45, 2.75) is 69.6 Å². The molecule has 44 heavy (non-hydrogen) atoms. The van der Waals surface area contributed by atoms with E-state index in [0.717, 1.165) is 96.3 Å². The van der Waals surface area contributed by atoms with E-state index < -0.39 is 0 Å². The van der Waals surface area contributed by atoms with Crippen LogP contribution in [0, 0.1) is 0 Å². The van der Waals surface area contributed by atoms with Gasteiger partial charge in [-0.15, -0.1) is 0 Å². The molecule has 10 nitrogen and oxygen atoms in total. The Labute approximate surface area is 255 Å². The fraction of sp³-hybridized carbons (Fsp3) is 0.412. The number of hydrogen-bond donors (Lipinski definition) is 1. The fourth-order valence-corrected chi connectivity index (χ4v) is 7.60. The number of carbonyl (C=O) groups excluding carboxylic acids is 1. The van der Waals surface area contributed by atoms with Crippen LogP contribution in [-0.4, -0.2) is 66.7 Å². The molecule has 5 aromatic rings. The first-order valence-corrected chi connectivity index (χ1v) is 15.7. The lowest BCUT2D eigenvalue weighted by molar-refractivity contribution is 0.0726. The average Bonchev–Trinajstić information content (AvgIpc) is 3.79. The molecule has 2 fully saturated rings. The molecule has 1 amide bonds. The SMILES string of the molecule is COc1cc(C(=O)N2[C@H]3CC[C@@H]2[C@H](N)C3)cc2nc(-c3cc4ccc5nc4n3CCCCCCOc3ncccc3-5)n(C)c12. The van der Waals surface area contributed by atoms with Crippen molar-refractivity contribution in [3.8, 4) is 34.4 Å². The third-order valence-electron chi connectivity index (χ3n) is 9.76. The highest BCUT2D eigenvalue weighted by Crippen LogP contribution is 2.40. The maximum atomic E-state index is 13.8. The van der Waals surface area contributed by atoms with Crippen molar-refractivity contribution < 1.29 is 14.3 Å². The van der Waals surface area contributed by atoms with Gasteiger partial charge in [-0.05, 0) is 81.0 Å². The van der Waals surface area contributed by atoms with Gasteiger partial charge in [-0.3, -0.25) is 4.79 Å².